The summed E-state index contributed by atoms with van der Waals surface area (Å²) in [7, 11) is 1.87. The fraction of sp³-hybridized carbons (Fsp3) is 0.300. The minimum atomic E-state index is -0.292. The lowest BCUT2D eigenvalue weighted by Gasteiger charge is -2.06. The van der Waals surface area contributed by atoms with Gasteiger partial charge in [0.15, 0.2) is 11.5 Å². The summed E-state index contributed by atoms with van der Waals surface area (Å²) in [5.74, 6) is 1.99. The van der Waals surface area contributed by atoms with E-state index in [4.69, 9.17) is 0 Å². The zero-order valence-electron chi connectivity index (χ0n) is 10.5. The summed E-state index contributed by atoms with van der Waals surface area (Å²) in [6, 6.07) is 1.70. The van der Waals surface area contributed by atoms with Gasteiger partial charge in [0, 0.05) is 13.1 Å². The molecule has 3 aromatic rings. The normalized spacial score (nSPS) is 11.1. The number of rotatable bonds is 3. The summed E-state index contributed by atoms with van der Waals surface area (Å²) in [6.45, 7) is 2.24. The molecule has 0 bridgehead atoms. The molecule has 0 spiro atoms. The first-order valence-electron chi connectivity index (χ1n) is 5.66. The third-order valence-corrected chi connectivity index (χ3v) is 2.80. The maximum atomic E-state index is 11.5. The lowest BCUT2D eigenvalue weighted by atomic mass is 10.4. The third-order valence-electron chi connectivity index (χ3n) is 2.80. The lowest BCUT2D eigenvalue weighted by molar-refractivity contribution is 0.808. The van der Waals surface area contributed by atoms with Crippen LogP contribution in [0.5, 0.6) is 0 Å². The van der Waals surface area contributed by atoms with Gasteiger partial charge < -0.3 is 9.88 Å². The summed E-state index contributed by atoms with van der Waals surface area (Å²) in [4.78, 5) is 15.8. The number of hydrogen-bond donors (Lipinski definition) is 2. The van der Waals surface area contributed by atoms with Crippen molar-refractivity contribution in [2.45, 2.75) is 13.5 Å². The molecule has 0 unspecified atom stereocenters. The summed E-state index contributed by atoms with van der Waals surface area (Å²) in [5.41, 5.74) is 0.234. The molecule has 0 amide bonds. The van der Waals surface area contributed by atoms with E-state index in [0.717, 1.165) is 5.82 Å². The third kappa shape index (κ3) is 1.94. The Bertz CT molecular complexity index is 782. The fourth-order valence-electron chi connectivity index (χ4n) is 1.82. The Morgan fingerprint density at radius 3 is 3.05 bits per heavy atom. The predicted octanol–water partition coefficient (Wildman–Crippen LogP) is -0.533. The quantitative estimate of drug-likeness (QED) is 0.655. The van der Waals surface area contributed by atoms with Crippen LogP contribution in [-0.4, -0.2) is 34.3 Å². The van der Waals surface area contributed by atoms with Crippen molar-refractivity contribution in [1.29, 1.82) is 0 Å². The van der Waals surface area contributed by atoms with Gasteiger partial charge in [0.25, 0.3) is 0 Å². The van der Waals surface area contributed by atoms with Crippen LogP contribution in [0.1, 0.15) is 11.6 Å². The number of nitrogens with zero attached hydrogens (tertiary/aromatic N) is 6. The first kappa shape index (κ1) is 11.4. The summed E-state index contributed by atoms with van der Waals surface area (Å²) < 4.78 is 3.23. The molecule has 2 N–H and O–H groups in total. The van der Waals surface area contributed by atoms with Crippen LogP contribution in [-0.2, 0) is 13.6 Å². The second kappa shape index (κ2) is 4.19. The number of aryl methyl sites for hydroxylation is 2. The number of fused-ring (bicyclic) bond motifs is 1. The van der Waals surface area contributed by atoms with Crippen molar-refractivity contribution < 1.29 is 0 Å². The van der Waals surface area contributed by atoms with Gasteiger partial charge in [-0.2, -0.15) is 5.10 Å². The Kier molecular flexibility index (Phi) is 2.51. The summed E-state index contributed by atoms with van der Waals surface area (Å²) in [5, 5.41) is 17.2. The molecular formula is C10H12N8O. The molecular weight excluding hydrogens is 248 g/mol. The molecule has 0 aromatic carbocycles. The first-order valence-corrected chi connectivity index (χ1v) is 5.66. The molecule has 19 heavy (non-hydrogen) atoms. The van der Waals surface area contributed by atoms with Gasteiger partial charge in [-0.1, -0.05) is 0 Å². The molecule has 0 radical (unpaired) electrons. The van der Waals surface area contributed by atoms with Gasteiger partial charge in [-0.25, -0.2) is 19.3 Å². The maximum absolute atomic E-state index is 11.5. The van der Waals surface area contributed by atoms with Crippen LogP contribution in [0.15, 0.2) is 17.2 Å². The molecule has 9 nitrogen and oxygen atoms in total. The molecule has 0 saturated heterocycles. The van der Waals surface area contributed by atoms with Gasteiger partial charge in [-0.05, 0) is 6.92 Å². The van der Waals surface area contributed by atoms with Crippen molar-refractivity contribution in [3.63, 3.8) is 0 Å². The smallest absolute Gasteiger partial charge is 0.349 e. The summed E-state index contributed by atoms with van der Waals surface area (Å²) in [6.07, 6.45) is 1.63. The molecule has 98 valence electrons. The number of hydrogen-bond acceptors (Lipinski definition) is 6. The van der Waals surface area contributed by atoms with E-state index in [0.29, 0.717) is 23.8 Å². The molecule has 3 heterocycles. The molecule has 0 atom stereocenters. The number of aromatic nitrogens is 7. The van der Waals surface area contributed by atoms with E-state index < -0.39 is 0 Å². The maximum Gasteiger partial charge on any atom is 0.349 e. The number of anilines is 1. The highest BCUT2D eigenvalue weighted by Gasteiger charge is 2.07. The second-order valence-electron chi connectivity index (χ2n) is 4.12. The van der Waals surface area contributed by atoms with Crippen LogP contribution >= 0.6 is 0 Å². The fourth-order valence-corrected chi connectivity index (χ4v) is 1.82. The van der Waals surface area contributed by atoms with Crippen molar-refractivity contribution in [3.8, 4) is 0 Å². The molecule has 0 aliphatic heterocycles. The van der Waals surface area contributed by atoms with Gasteiger partial charge in [-0.3, -0.25) is 0 Å². The topological polar surface area (TPSA) is 106 Å². The molecule has 9 heteroatoms. The molecule has 0 fully saturated rings. The van der Waals surface area contributed by atoms with E-state index in [1.807, 2.05) is 11.6 Å². The Morgan fingerprint density at radius 2 is 2.32 bits per heavy atom. The van der Waals surface area contributed by atoms with Crippen molar-refractivity contribution in [2.75, 3.05) is 5.32 Å². The zero-order valence-corrected chi connectivity index (χ0v) is 10.5. The average molecular weight is 260 g/mol. The van der Waals surface area contributed by atoms with Gasteiger partial charge in [-0.15, -0.1) is 10.2 Å². The number of H-pyrrole nitrogens is 1. The van der Waals surface area contributed by atoms with Gasteiger partial charge in [0.2, 0.25) is 0 Å². The standard InChI is InChI=1S/C10H12N8O/c1-6-13-7(3-8-15-16-10(19)18(6)8)11-4-9-14-12-5-17(9)2/h3,5,11H,4H2,1-2H3,(H,16,19). The average Bonchev–Trinajstić information content (AvgIpc) is 2.94. The van der Waals surface area contributed by atoms with Crippen molar-refractivity contribution in [1.82, 2.24) is 34.3 Å². The number of aromatic amines is 1. The van der Waals surface area contributed by atoms with Crippen LogP contribution in [0.25, 0.3) is 5.65 Å². The van der Waals surface area contributed by atoms with Gasteiger partial charge in [0.05, 0.1) is 6.54 Å². The Hall–Kier alpha value is -2.71. The van der Waals surface area contributed by atoms with E-state index in [1.54, 1.807) is 19.3 Å². The highest BCUT2D eigenvalue weighted by Crippen LogP contribution is 2.08. The van der Waals surface area contributed by atoms with E-state index in [9.17, 15) is 4.79 Å². The molecule has 3 aromatic heterocycles. The minimum absolute atomic E-state index is 0.292. The zero-order chi connectivity index (χ0) is 13.4. The second-order valence-corrected chi connectivity index (χ2v) is 4.12. The van der Waals surface area contributed by atoms with E-state index in [-0.39, 0.29) is 5.69 Å². The van der Waals surface area contributed by atoms with Crippen LogP contribution in [0, 0.1) is 6.92 Å². The van der Waals surface area contributed by atoms with Crippen LogP contribution in [0.4, 0.5) is 5.82 Å². The Labute approximate surface area is 107 Å². The first-order chi connectivity index (χ1) is 9.15. The number of nitrogens with one attached hydrogen (secondary N) is 2. The van der Waals surface area contributed by atoms with Gasteiger partial charge >= 0.3 is 5.69 Å². The van der Waals surface area contributed by atoms with Crippen molar-refractivity contribution in [3.05, 3.63) is 34.5 Å². The van der Waals surface area contributed by atoms with Crippen LogP contribution < -0.4 is 11.0 Å². The van der Waals surface area contributed by atoms with E-state index in [1.165, 1.54) is 4.40 Å². The van der Waals surface area contributed by atoms with Crippen molar-refractivity contribution >= 4 is 11.5 Å². The SMILES string of the molecule is Cc1nc(NCc2nncn2C)cc2n[nH]c(=O)n12. The van der Waals surface area contributed by atoms with Gasteiger partial charge in [0.1, 0.15) is 18.0 Å². The van der Waals surface area contributed by atoms with Crippen molar-refractivity contribution in [2.24, 2.45) is 7.05 Å². The van der Waals surface area contributed by atoms with E-state index >= 15 is 0 Å². The Morgan fingerprint density at radius 1 is 1.47 bits per heavy atom. The minimum Gasteiger partial charge on any atom is -0.363 e. The molecule has 0 aliphatic rings. The van der Waals surface area contributed by atoms with Crippen LogP contribution in [0.3, 0.4) is 0 Å². The highest BCUT2D eigenvalue weighted by molar-refractivity contribution is 5.49. The molecule has 0 aliphatic carbocycles. The van der Waals surface area contributed by atoms with E-state index in [2.05, 4.69) is 30.7 Å². The Balaban J connectivity index is 1.90. The predicted molar refractivity (Wildman–Crippen MR) is 66.7 cm³/mol. The highest BCUT2D eigenvalue weighted by atomic mass is 16.1. The molecule has 0 saturated carbocycles. The molecule has 3 rings (SSSR count). The lowest BCUT2D eigenvalue weighted by Crippen LogP contribution is -2.14. The largest absolute Gasteiger partial charge is 0.363 e. The van der Waals surface area contributed by atoms with Crippen LogP contribution in [0.2, 0.25) is 0 Å². The summed E-state index contributed by atoms with van der Waals surface area (Å²) >= 11 is 0. The monoisotopic (exact) mass is 260 g/mol.